The molecule has 1 aromatic heterocycles. The summed E-state index contributed by atoms with van der Waals surface area (Å²) < 4.78 is 4.89. The summed E-state index contributed by atoms with van der Waals surface area (Å²) in [4.78, 5) is 11.1. The zero-order chi connectivity index (χ0) is 13.1. The molecule has 6 nitrogen and oxygen atoms in total. The van der Waals surface area contributed by atoms with Gasteiger partial charge in [-0.25, -0.2) is 4.79 Å². The van der Waals surface area contributed by atoms with E-state index < -0.39 is 5.97 Å². The minimum absolute atomic E-state index is 0.0134. The van der Waals surface area contributed by atoms with Crippen LogP contribution in [0, 0.1) is 0 Å². The van der Waals surface area contributed by atoms with Gasteiger partial charge >= 0.3 is 5.97 Å². The molecule has 0 atom stereocenters. The van der Waals surface area contributed by atoms with Crippen LogP contribution in [-0.2, 0) is 6.54 Å². The molecule has 7 heteroatoms. The van der Waals surface area contributed by atoms with Crippen LogP contribution in [0.5, 0.6) is 0 Å². The average molecular weight is 268 g/mol. The van der Waals surface area contributed by atoms with Crippen molar-refractivity contribution >= 4 is 28.9 Å². The molecule has 0 saturated carbocycles. The average Bonchev–Trinajstić information content (AvgIpc) is 2.79. The fraction of sp³-hybridized carbons (Fsp3) is 0.0909. The number of carbonyl (C=O) groups is 1. The van der Waals surface area contributed by atoms with E-state index in [1.807, 2.05) is 0 Å². The summed E-state index contributed by atoms with van der Waals surface area (Å²) in [5, 5.41) is 15.8. The monoisotopic (exact) mass is 267 g/mol. The second-order valence-electron chi connectivity index (χ2n) is 3.56. The van der Waals surface area contributed by atoms with Crippen LogP contribution in [-0.4, -0.2) is 16.2 Å². The van der Waals surface area contributed by atoms with Gasteiger partial charge in [-0.1, -0.05) is 16.8 Å². The second-order valence-corrected chi connectivity index (χ2v) is 3.97. The highest BCUT2D eigenvalue weighted by Gasteiger charge is 2.15. The van der Waals surface area contributed by atoms with Crippen molar-refractivity contribution in [1.82, 2.24) is 5.16 Å². The Kier molecular flexibility index (Phi) is 3.38. The van der Waals surface area contributed by atoms with Crippen molar-refractivity contribution in [3.63, 3.8) is 0 Å². The van der Waals surface area contributed by atoms with Crippen molar-refractivity contribution < 1.29 is 14.4 Å². The quantitative estimate of drug-likeness (QED) is 0.734. The predicted molar refractivity (Wildman–Crippen MR) is 66.7 cm³/mol. The van der Waals surface area contributed by atoms with E-state index in [9.17, 15) is 4.79 Å². The number of nitrogens with two attached hydrogens (primary N) is 1. The maximum atomic E-state index is 11.1. The normalized spacial score (nSPS) is 10.3. The van der Waals surface area contributed by atoms with Crippen molar-refractivity contribution in [1.29, 1.82) is 0 Å². The topological polar surface area (TPSA) is 101 Å². The highest BCUT2D eigenvalue weighted by Crippen LogP contribution is 2.29. The molecule has 18 heavy (non-hydrogen) atoms. The minimum atomic E-state index is -1.11. The first-order valence-electron chi connectivity index (χ1n) is 5.03. The number of rotatable bonds is 4. The van der Waals surface area contributed by atoms with E-state index in [4.69, 9.17) is 27.0 Å². The highest BCUT2D eigenvalue weighted by atomic mass is 35.5. The first-order valence-corrected chi connectivity index (χ1v) is 5.41. The third-order valence-corrected chi connectivity index (χ3v) is 2.57. The zero-order valence-electron chi connectivity index (χ0n) is 9.18. The van der Waals surface area contributed by atoms with Gasteiger partial charge in [0.1, 0.15) is 0 Å². The molecule has 0 aliphatic heterocycles. The summed E-state index contributed by atoms with van der Waals surface area (Å²) in [5.41, 5.74) is 6.16. The van der Waals surface area contributed by atoms with Crippen LogP contribution in [0.25, 0.3) is 0 Å². The Hall–Kier alpha value is -2.21. The lowest BCUT2D eigenvalue weighted by Crippen LogP contribution is -2.07. The van der Waals surface area contributed by atoms with Crippen molar-refractivity contribution in [2.75, 3.05) is 11.1 Å². The van der Waals surface area contributed by atoms with E-state index in [1.165, 1.54) is 18.3 Å². The number of hydrogen-bond acceptors (Lipinski definition) is 5. The molecular formula is C11H10ClN3O3. The molecule has 0 aliphatic carbocycles. The lowest BCUT2D eigenvalue weighted by molar-refractivity contribution is 0.0698. The summed E-state index contributed by atoms with van der Waals surface area (Å²) in [6, 6.07) is 4.49. The van der Waals surface area contributed by atoms with Gasteiger partial charge in [-0.15, -0.1) is 0 Å². The maximum Gasteiger partial charge on any atom is 0.337 e. The number of hydrogen-bond donors (Lipinski definition) is 3. The van der Waals surface area contributed by atoms with E-state index in [-0.39, 0.29) is 17.1 Å². The Bertz CT molecular complexity index is 569. The molecular weight excluding hydrogens is 258 g/mol. The van der Waals surface area contributed by atoms with Crippen LogP contribution >= 0.6 is 11.6 Å². The standard InChI is InChI=1S/C11H10ClN3O3/c12-9-4-6(13)3-8(11(16)17)10(9)14-5-7-1-2-15-18-7/h1-4,14H,5,13H2,(H,16,17). The van der Waals surface area contributed by atoms with E-state index in [0.717, 1.165) is 0 Å². The third-order valence-electron chi connectivity index (χ3n) is 2.27. The van der Waals surface area contributed by atoms with Crippen LogP contribution in [0.4, 0.5) is 11.4 Å². The van der Waals surface area contributed by atoms with E-state index in [1.54, 1.807) is 6.07 Å². The van der Waals surface area contributed by atoms with Gasteiger partial charge in [0, 0.05) is 11.8 Å². The van der Waals surface area contributed by atoms with E-state index in [2.05, 4.69) is 10.5 Å². The molecule has 0 amide bonds. The molecule has 94 valence electrons. The predicted octanol–water partition coefficient (Wildman–Crippen LogP) is 2.22. The number of nitrogens with zero attached hydrogens (tertiary/aromatic N) is 1. The number of halogens is 1. The van der Waals surface area contributed by atoms with Crippen LogP contribution in [0.15, 0.2) is 28.9 Å². The van der Waals surface area contributed by atoms with Gasteiger partial charge < -0.3 is 20.7 Å². The lowest BCUT2D eigenvalue weighted by Gasteiger charge is -2.11. The summed E-state index contributed by atoms with van der Waals surface area (Å²) in [6.45, 7) is 0.282. The molecule has 0 radical (unpaired) electrons. The number of nitrogens with one attached hydrogen (secondary N) is 1. The van der Waals surface area contributed by atoms with Gasteiger partial charge in [0.15, 0.2) is 5.76 Å². The molecule has 0 spiro atoms. The fourth-order valence-electron chi connectivity index (χ4n) is 1.48. The Labute approximate surface area is 107 Å². The SMILES string of the molecule is Nc1cc(Cl)c(NCc2ccno2)c(C(=O)O)c1. The molecule has 0 saturated heterocycles. The van der Waals surface area contributed by atoms with Gasteiger partial charge in [0.2, 0.25) is 0 Å². The van der Waals surface area contributed by atoms with Crippen molar-refractivity contribution in [3.05, 3.63) is 40.7 Å². The summed E-state index contributed by atoms with van der Waals surface area (Å²) in [7, 11) is 0. The van der Waals surface area contributed by atoms with E-state index in [0.29, 0.717) is 17.1 Å². The number of aromatic nitrogens is 1. The Morgan fingerprint density at radius 1 is 1.56 bits per heavy atom. The number of benzene rings is 1. The van der Waals surface area contributed by atoms with Gasteiger partial charge in [-0.05, 0) is 12.1 Å². The van der Waals surface area contributed by atoms with E-state index >= 15 is 0 Å². The van der Waals surface area contributed by atoms with Crippen LogP contribution in [0.1, 0.15) is 16.1 Å². The summed E-state index contributed by atoms with van der Waals surface area (Å²) in [5.74, 6) is -0.538. The van der Waals surface area contributed by atoms with Crippen LogP contribution < -0.4 is 11.1 Å². The van der Waals surface area contributed by atoms with Gasteiger partial charge in [-0.3, -0.25) is 0 Å². The van der Waals surface area contributed by atoms with Crippen molar-refractivity contribution in [2.45, 2.75) is 6.54 Å². The molecule has 0 unspecified atom stereocenters. The largest absolute Gasteiger partial charge is 0.478 e. The number of nitrogen functional groups attached to an aromatic ring is 1. The smallest absolute Gasteiger partial charge is 0.337 e. The first-order chi connectivity index (χ1) is 8.58. The highest BCUT2D eigenvalue weighted by molar-refractivity contribution is 6.34. The zero-order valence-corrected chi connectivity index (χ0v) is 9.94. The molecule has 0 fully saturated rings. The Balaban J connectivity index is 2.28. The molecule has 2 rings (SSSR count). The van der Waals surface area contributed by atoms with Gasteiger partial charge in [0.25, 0.3) is 0 Å². The molecule has 0 aliphatic rings. The van der Waals surface area contributed by atoms with Crippen molar-refractivity contribution in [2.24, 2.45) is 0 Å². The van der Waals surface area contributed by atoms with Gasteiger partial charge in [0.05, 0.1) is 29.0 Å². The van der Waals surface area contributed by atoms with Gasteiger partial charge in [-0.2, -0.15) is 0 Å². The molecule has 2 aromatic rings. The lowest BCUT2D eigenvalue weighted by atomic mass is 10.1. The third kappa shape index (κ3) is 2.54. The number of carboxylic acid groups (broad SMARTS) is 1. The minimum Gasteiger partial charge on any atom is -0.478 e. The molecule has 4 N–H and O–H groups in total. The molecule has 0 bridgehead atoms. The Morgan fingerprint density at radius 2 is 2.33 bits per heavy atom. The number of aromatic carboxylic acids is 1. The van der Waals surface area contributed by atoms with Crippen molar-refractivity contribution in [3.8, 4) is 0 Å². The number of anilines is 2. The van der Waals surface area contributed by atoms with Crippen LogP contribution in [0.3, 0.4) is 0 Å². The molecule has 1 aromatic carbocycles. The second kappa shape index (κ2) is 4.97. The summed E-state index contributed by atoms with van der Waals surface area (Å²) >= 11 is 5.97. The van der Waals surface area contributed by atoms with Crippen LogP contribution in [0.2, 0.25) is 5.02 Å². The fourth-order valence-corrected chi connectivity index (χ4v) is 1.78. The molecule has 1 heterocycles. The summed E-state index contributed by atoms with van der Waals surface area (Å²) in [6.07, 6.45) is 1.50. The number of carboxylic acids is 1. The Morgan fingerprint density at radius 3 is 2.94 bits per heavy atom. The first kappa shape index (κ1) is 12.3. The maximum absolute atomic E-state index is 11.1.